The van der Waals surface area contributed by atoms with Crippen LogP contribution in [-0.2, 0) is 0 Å². The number of hydrogen-bond donors (Lipinski definition) is 2. The van der Waals surface area contributed by atoms with Gasteiger partial charge in [0, 0.05) is 5.54 Å². The first kappa shape index (κ1) is 9.86. The van der Waals surface area contributed by atoms with E-state index in [1.165, 1.54) is 12.8 Å². The van der Waals surface area contributed by atoms with E-state index in [0.29, 0.717) is 5.92 Å². The Balaban J connectivity index is 1.74. The van der Waals surface area contributed by atoms with Crippen LogP contribution < -0.4 is 5.73 Å². The van der Waals surface area contributed by atoms with Gasteiger partial charge in [-0.2, -0.15) is 0 Å². The minimum Gasteiger partial charge on any atom is -0.393 e. The molecule has 0 amide bonds. The van der Waals surface area contributed by atoms with E-state index in [0.717, 1.165) is 37.5 Å². The molecule has 2 fully saturated rings. The summed E-state index contributed by atoms with van der Waals surface area (Å²) in [7, 11) is 0. The standard InChI is InChI=1S/C13H21NO/c14-13(5-3-11(15)4-6-13)12-8-9-1-2-10(12)7-9/h1-2,9-12,15H,3-8,14H2. The summed E-state index contributed by atoms with van der Waals surface area (Å²) >= 11 is 0. The second-order valence-corrected chi connectivity index (χ2v) is 5.85. The number of aliphatic hydroxyl groups excluding tert-OH is 1. The van der Waals surface area contributed by atoms with Crippen LogP contribution in [0.15, 0.2) is 12.2 Å². The maximum atomic E-state index is 9.55. The van der Waals surface area contributed by atoms with E-state index in [1.807, 2.05) is 0 Å². The number of nitrogens with two attached hydrogens (primary N) is 1. The van der Waals surface area contributed by atoms with Gasteiger partial charge in [-0.15, -0.1) is 0 Å². The fourth-order valence-electron chi connectivity index (χ4n) is 3.95. The molecule has 0 heterocycles. The lowest BCUT2D eigenvalue weighted by molar-refractivity contribution is 0.0679. The normalized spacial score (nSPS) is 53.7. The molecule has 15 heavy (non-hydrogen) atoms. The van der Waals surface area contributed by atoms with Crippen LogP contribution in [-0.4, -0.2) is 16.7 Å². The smallest absolute Gasteiger partial charge is 0.0541 e. The summed E-state index contributed by atoms with van der Waals surface area (Å²) in [5.41, 5.74) is 6.60. The van der Waals surface area contributed by atoms with Gasteiger partial charge in [0.1, 0.15) is 0 Å². The zero-order chi connectivity index (χ0) is 10.5. The van der Waals surface area contributed by atoms with Gasteiger partial charge in [0.2, 0.25) is 0 Å². The van der Waals surface area contributed by atoms with Crippen LogP contribution in [0.4, 0.5) is 0 Å². The minimum absolute atomic E-state index is 0.0312. The predicted octanol–water partition coefficient (Wildman–Crippen LogP) is 1.83. The van der Waals surface area contributed by atoms with Crippen LogP contribution in [0.1, 0.15) is 38.5 Å². The van der Waals surface area contributed by atoms with Crippen molar-refractivity contribution in [3.8, 4) is 0 Å². The molecule has 0 aromatic carbocycles. The minimum atomic E-state index is -0.0872. The first-order valence-electron chi connectivity index (χ1n) is 6.33. The molecule has 0 saturated heterocycles. The monoisotopic (exact) mass is 207 g/mol. The summed E-state index contributed by atoms with van der Waals surface area (Å²) in [5.74, 6) is 2.25. The van der Waals surface area contributed by atoms with Crippen molar-refractivity contribution in [2.24, 2.45) is 23.5 Å². The lowest BCUT2D eigenvalue weighted by Crippen LogP contribution is -2.51. The lowest BCUT2D eigenvalue weighted by Gasteiger charge is -2.43. The van der Waals surface area contributed by atoms with Crippen LogP contribution >= 0.6 is 0 Å². The topological polar surface area (TPSA) is 46.2 Å². The van der Waals surface area contributed by atoms with Crippen molar-refractivity contribution in [3.63, 3.8) is 0 Å². The maximum absolute atomic E-state index is 9.55. The average molecular weight is 207 g/mol. The Morgan fingerprint density at radius 3 is 2.40 bits per heavy atom. The van der Waals surface area contributed by atoms with Crippen molar-refractivity contribution >= 4 is 0 Å². The highest BCUT2D eigenvalue weighted by Crippen LogP contribution is 2.50. The molecule has 0 spiro atoms. The Labute approximate surface area is 91.5 Å². The summed E-state index contributed by atoms with van der Waals surface area (Å²) in [6.07, 6.45) is 11.2. The molecular formula is C13H21NO. The van der Waals surface area contributed by atoms with E-state index < -0.39 is 0 Å². The number of aliphatic hydroxyl groups is 1. The molecule has 0 aromatic rings. The van der Waals surface area contributed by atoms with Crippen molar-refractivity contribution in [3.05, 3.63) is 12.2 Å². The Morgan fingerprint density at radius 1 is 1.13 bits per heavy atom. The Kier molecular flexibility index (Phi) is 2.18. The maximum Gasteiger partial charge on any atom is 0.0541 e. The number of fused-ring (bicyclic) bond motifs is 2. The third kappa shape index (κ3) is 1.55. The van der Waals surface area contributed by atoms with E-state index in [-0.39, 0.29) is 11.6 Å². The molecule has 2 saturated carbocycles. The molecule has 3 aliphatic rings. The SMILES string of the molecule is NC1(C2CC3C=CC2C3)CCC(O)CC1. The van der Waals surface area contributed by atoms with Gasteiger partial charge in [-0.05, 0) is 56.3 Å². The van der Waals surface area contributed by atoms with E-state index in [4.69, 9.17) is 5.73 Å². The van der Waals surface area contributed by atoms with Gasteiger partial charge in [-0.1, -0.05) is 12.2 Å². The molecule has 3 aliphatic carbocycles. The fraction of sp³-hybridized carbons (Fsp3) is 0.846. The van der Waals surface area contributed by atoms with Gasteiger partial charge in [-0.25, -0.2) is 0 Å². The van der Waals surface area contributed by atoms with Gasteiger partial charge in [0.25, 0.3) is 0 Å². The van der Waals surface area contributed by atoms with E-state index >= 15 is 0 Å². The van der Waals surface area contributed by atoms with Gasteiger partial charge in [-0.3, -0.25) is 0 Å². The lowest BCUT2D eigenvalue weighted by atomic mass is 9.68. The molecule has 3 atom stereocenters. The molecular weight excluding hydrogens is 186 g/mol. The van der Waals surface area contributed by atoms with E-state index in [9.17, 15) is 5.11 Å². The second-order valence-electron chi connectivity index (χ2n) is 5.85. The summed E-state index contributed by atoms with van der Waals surface area (Å²) in [4.78, 5) is 0. The Hall–Kier alpha value is -0.340. The Morgan fingerprint density at radius 2 is 1.87 bits per heavy atom. The van der Waals surface area contributed by atoms with Gasteiger partial charge >= 0.3 is 0 Å². The van der Waals surface area contributed by atoms with Crippen molar-refractivity contribution < 1.29 is 5.11 Å². The molecule has 2 heteroatoms. The van der Waals surface area contributed by atoms with Gasteiger partial charge in [0.05, 0.1) is 6.10 Å². The first-order chi connectivity index (χ1) is 7.17. The van der Waals surface area contributed by atoms with Crippen molar-refractivity contribution in [1.29, 1.82) is 0 Å². The summed E-state index contributed by atoms with van der Waals surface area (Å²) in [5, 5.41) is 9.55. The molecule has 2 bridgehead atoms. The molecule has 3 rings (SSSR count). The second kappa shape index (κ2) is 3.33. The fourth-order valence-corrected chi connectivity index (χ4v) is 3.95. The molecule has 0 aliphatic heterocycles. The quantitative estimate of drug-likeness (QED) is 0.644. The van der Waals surface area contributed by atoms with Gasteiger partial charge in [0.15, 0.2) is 0 Å². The zero-order valence-electron chi connectivity index (χ0n) is 9.23. The summed E-state index contributed by atoms with van der Waals surface area (Å²) in [6.45, 7) is 0. The molecule has 2 nitrogen and oxygen atoms in total. The van der Waals surface area contributed by atoms with Crippen LogP contribution in [0.5, 0.6) is 0 Å². The van der Waals surface area contributed by atoms with E-state index in [2.05, 4.69) is 12.2 Å². The highest BCUT2D eigenvalue weighted by molar-refractivity contribution is 5.15. The average Bonchev–Trinajstić information content (AvgIpc) is 2.84. The molecule has 0 aromatic heterocycles. The zero-order valence-corrected chi connectivity index (χ0v) is 9.23. The Bertz CT molecular complexity index is 278. The molecule has 3 unspecified atom stereocenters. The van der Waals surface area contributed by atoms with Gasteiger partial charge < -0.3 is 10.8 Å². The highest BCUT2D eigenvalue weighted by Gasteiger charge is 2.47. The molecule has 0 radical (unpaired) electrons. The van der Waals surface area contributed by atoms with Crippen molar-refractivity contribution in [1.82, 2.24) is 0 Å². The number of rotatable bonds is 1. The molecule has 84 valence electrons. The highest BCUT2D eigenvalue weighted by atomic mass is 16.3. The molecule has 3 N–H and O–H groups in total. The van der Waals surface area contributed by atoms with Crippen molar-refractivity contribution in [2.45, 2.75) is 50.2 Å². The largest absolute Gasteiger partial charge is 0.393 e. The number of hydrogen-bond acceptors (Lipinski definition) is 2. The van der Waals surface area contributed by atoms with Crippen molar-refractivity contribution in [2.75, 3.05) is 0 Å². The van der Waals surface area contributed by atoms with Crippen LogP contribution in [0.25, 0.3) is 0 Å². The predicted molar refractivity (Wildman–Crippen MR) is 60.2 cm³/mol. The third-order valence-electron chi connectivity index (χ3n) is 4.90. The van der Waals surface area contributed by atoms with E-state index in [1.54, 1.807) is 0 Å². The van der Waals surface area contributed by atoms with Crippen LogP contribution in [0, 0.1) is 17.8 Å². The summed E-state index contributed by atoms with van der Waals surface area (Å²) < 4.78 is 0. The van der Waals surface area contributed by atoms with Crippen LogP contribution in [0.3, 0.4) is 0 Å². The third-order valence-corrected chi connectivity index (χ3v) is 4.90. The summed E-state index contributed by atoms with van der Waals surface area (Å²) in [6, 6.07) is 0. The van der Waals surface area contributed by atoms with Crippen LogP contribution in [0.2, 0.25) is 0 Å². The first-order valence-corrected chi connectivity index (χ1v) is 6.33. The number of allylic oxidation sites excluding steroid dienone is 2.